The number of amides is 1. The van der Waals surface area contributed by atoms with Crippen molar-refractivity contribution in [3.63, 3.8) is 0 Å². The maximum atomic E-state index is 11.8. The minimum absolute atomic E-state index is 0.182. The smallest absolute Gasteiger partial charge is 0.220 e. The fraction of sp³-hybridized carbons (Fsp3) is 0.588. The third-order valence-corrected chi connectivity index (χ3v) is 6.81. The Bertz CT molecular complexity index is 444. The normalized spacial score (nSPS) is 17.4. The van der Waals surface area contributed by atoms with Crippen LogP contribution in [0.5, 0.6) is 5.75 Å². The van der Waals surface area contributed by atoms with Crippen LogP contribution in [0.15, 0.2) is 24.3 Å². The molecule has 1 unspecified atom stereocenters. The first kappa shape index (κ1) is 17.5. The molecule has 0 aromatic heterocycles. The zero-order chi connectivity index (χ0) is 15.6. The van der Waals surface area contributed by atoms with Gasteiger partial charge in [0.1, 0.15) is 5.75 Å². The zero-order valence-corrected chi connectivity index (χ0v) is 14.8. The van der Waals surface area contributed by atoms with E-state index in [1.165, 1.54) is 30.6 Å². The van der Waals surface area contributed by atoms with Crippen LogP contribution in [0.25, 0.3) is 0 Å². The molecule has 122 valence electrons. The van der Waals surface area contributed by atoms with Crippen LogP contribution < -0.4 is 10.1 Å². The Morgan fingerprint density at radius 3 is 2.82 bits per heavy atom. The van der Waals surface area contributed by atoms with E-state index in [1.54, 1.807) is 7.11 Å². The monoisotopic (exact) mass is 339 g/mol. The van der Waals surface area contributed by atoms with E-state index in [0.717, 1.165) is 23.8 Å². The van der Waals surface area contributed by atoms with Crippen LogP contribution in [0, 0.1) is 0 Å². The molecule has 0 bridgehead atoms. The molecule has 1 amide bonds. The molecular formula is C17H25NO2S2. The highest BCUT2D eigenvalue weighted by Gasteiger charge is 2.15. The second kappa shape index (κ2) is 10.1. The van der Waals surface area contributed by atoms with Crippen molar-refractivity contribution in [3.8, 4) is 5.75 Å². The van der Waals surface area contributed by atoms with Crippen LogP contribution in [0.2, 0.25) is 0 Å². The predicted molar refractivity (Wildman–Crippen MR) is 96.6 cm³/mol. The van der Waals surface area contributed by atoms with Gasteiger partial charge >= 0.3 is 0 Å². The summed E-state index contributed by atoms with van der Waals surface area (Å²) in [6.45, 7) is 0.709. The molecule has 2 rings (SSSR count). The molecule has 0 radical (unpaired) electrons. The minimum Gasteiger partial charge on any atom is -0.497 e. The molecule has 1 atom stereocenters. The number of methoxy groups -OCH3 is 1. The van der Waals surface area contributed by atoms with Crippen molar-refractivity contribution in [2.24, 2.45) is 0 Å². The summed E-state index contributed by atoms with van der Waals surface area (Å²) in [5.74, 6) is 2.34. The summed E-state index contributed by atoms with van der Waals surface area (Å²) in [6.07, 6.45) is 6.30. The minimum atomic E-state index is 0.182. The second-order valence-electron chi connectivity index (χ2n) is 5.52. The Morgan fingerprint density at radius 1 is 1.32 bits per heavy atom. The number of rotatable bonds is 9. The Balaban J connectivity index is 1.51. The number of nitrogens with one attached hydrogen (secondary N) is 1. The van der Waals surface area contributed by atoms with Gasteiger partial charge in [0.05, 0.1) is 7.11 Å². The van der Waals surface area contributed by atoms with E-state index in [1.807, 2.05) is 45.9 Å². The van der Waals surface area contributed by atoms with E-state index >= 15 is 0 Å². The predicted octanol–water partition coefficient (Wildman–Crippen LogP) is 4.07. The van der Waals surface area contributed by atoms with E-state index in [-0.39, 0.29) is 5.91 Å². The molecule has 22 heavy (non-hydrogen) atoms. The third kappa shape index (κ3) is 6.53. The lowest BCUT2D eigenvalue weighted by atomic mass is 10.1. The third-order valence-electron chi connectivity index (χ3n) is 3.80. The topological polar surface area (TPSA) is 38.3 Å². The highest BCUT2D eigenvalue weighted by atomic mass is 33.1. The van der Waals surface area contributed by atoms with Gasteiger partial charge in [0.2, 0.25) is 5.91 Å². The van der Waals surface area contributed by atoms with Gasteiger partial charge in [-0.05, 0) is 43.4 Å². The highest BCUT2D eigenvalue weighted by molar-refractivity contribution is 8.77. The second-order valence-corrected chi connectivity index (χ2v) is 8.31. The summed E-state index contributed by atoms with van der Waals surface area (Å²) in [7, 11) is 5.68. The number of hydrogen-bond donors (Lipinski definition) is 1. The summed E-state index contributed by atoms with van der Waals surface area (Å²) >= 11 is 0. The van der Waals surface area contributed by atoms with Crippen molar-refractivity contribution >= 4 is 27.5 Å². The molecule has 1 fully saturated rings. The summed E-state index contributed by atoms with van der Waals surface area (Å²) in [6, 6.07) is 8.00. The first-order chi connectivity index (χ1) is 10.8. The van der Waals surface area contributed by atoms with Crippen LogP contribution >= 0.6 is 21.6 Å². The van der Waals surface area contributed by atoms with E-state index in [9.17, 15) is 4.79 Å². The lowest BCUT2D eigenvalue weighted by molar-refractivity contribution is -0.121. The molecule has 0 aliphatic carbocycles. The molecule has 0 saturated carbocycles. The van der Waals surface area contributed by atoms with Gasteiger partial charge in [0.15, 0.2) is 0 Å². The number of hydrogen-bond acceptors (Lipinski definition) is 4. The van der Waals surface area contributed by atoms with Crippen LogP contribution in [-0.4, -0.2) is 30.6 Å². The molecule has 1 aliphatic rings. The van der Waals surface area contributed by atoms with Gasteiger partial charge in [-0.15, -0.1) is 0 Å². The SMILES string of the molecule is COc1ccc(CCNC(=O)CCCCC2CCSS2)cc1. The molecule has 1 heterocycles. The van der Waals surface area contributed by atoms with Gasteiger partial charge in [0, 0.05) is 24.0 Å². The fourth-order valence-corrected chi connectivity index (χ4v) is 5.48. The number of benzene rings is 1. The van der Waals surface area contributed by atoms with Crippen molar-refractivity contribution in [3.05, 3.63) is 29.8 Å². The van der Waals surface area contributed by atoms with Gasteiger partial charge in [-0.2, -0.15) is 0 Å². The molecule has 1 aromatic carbocycles. The molecule has 1 saturated heterocycles. The molecule has 1 N–H and O–H groups in total. The molecule has 1 aliphatic heterocycles. The van der Waals surface area contributed by atoms with Gasteiger partial charge in [0.25, 0.3) is 0 Å². The standard InChI is InChI=1S/C17H25NO2S2/c1-20-15-8-6-14(7-9-15)10-12-18-17(19)5-3-2-4-16-11-13-21-22-16/h6-9,16H,2-5,10-13H2,1H3,(H,18,19). The zero-order valence-electron chi connectivity index (χ0n) is 13.2. The van der Waals surface area contributed by atoms with Crippen molar-refractivity contribution in [2.45, 2.75) is 43.8 Å². The maximum absolute atomic E-state index is 11.8. The van der Waals surface area contributed by atoms with E-state index in [4.69, 9.17) is 4.74 Å². The number of unbranched alkanes of at least 4 members (excludes halogenated alkanes) is 1. The van der Waals surface area contributed by atoms with Crippen LogP contribution in [0.3, 0.4) is 0 Å². The molecule has 5 heteroatoms. The van der Waals surface area contributed by atoms with Gasteiger partial charge < -0.3 is 10.1 Å². The summed E-state index contributed by atoms with van der Waals surface area (Å²) in [5.41, 5.74) is 1.22. The highest BCUT2D eigenvalue weighted by Crippen LogP contribution is 2.39. The first-order valence-electron chi connectivity index (χ1n) is 7.96. The molecule has 3 nitrogen and oxygen atoms in total. The van der Waals surface area contributed by atoms with Crippen molar-refractivity contribution in [1.29, 1.82) is 0 Å². The Morgan fingerprint density at radius 2 is 2.14 bits per heavy atom. The van der Waals surface area contributed by atoms with Crippen LogP contribution in [-0.2, 0) is 11.2 Å². The van der Waals surface area contributed by atoms with Gasteiger partial charge in [-0.25, -0.2) is 0 Å². The number of carbonyl (C=O) groups is 1. The van der Waals surface area contributed by atoms with Crippen LogP contribution in [0.1, 0.15) is 37.7 Å². The largest absolute Gasteiger partial charge is 0.497 e. The summed E-state index contributed by atoms with van der Waals surface area (Å²) in [4.78, 5) is 11.8. The Hall–Kier alpha value is -0.810. The average Bonchev–Trinajstić information content (AvgIpc) is 3.06. The lowest BCUT2D eigenvalue weighted by Gasteiger charge is -2.08. The molecule has 1 aromatic rings. The maximum Gasteiger partial charge on any atom is 0.220 e. The molecular weight excluding hydrogens is 314 g/mol. The van der Waals surface area contributed by atoms with E-state index < -0.39 is 0 Å². The van der Waals surface area contributed by atoms with Gasteiger partial charge in [-0.3, -0.25) is 4.79 Å². The lowest BCUT2D eigenvalue weighted by Crippen LogP contribution is -2.25. The average molecular weight is 340 g/mol. The molecule has 0 spiro atoms. The number of ether oxygens (including phenoxy) is 1. The van der Waals surface area contributed by atoms with E-state index in [2.05, 4.69) is 5.32 Å². The van der Waals surface area contributed by atoms with Crippen LogP contribution in [0.4, 0.5) is 0 Å². The Labute approximate surface area is 141 Å². The Kier molecular flexibility index (Phi) is 8.02. The van der Waals surface area contributed by atoms with Crippen molar-refractivity contribution < 1.29 is 9.53 Å². The summed E-state index contributed by atoms with van der Waals surface area (Å²) in [5, 5.41) is 3.83. The number of carbonyl (C=O) groups excluding carboxylic acids is 1. The van der Waals surface area contributed by atoms with Gasteiger partial charge in [-0.1, -0.05) is 40.1 Å². The first-order valence-corrected chi connectivity index (χ1v) is 10.3. The van der Waals surface area contributed by atoms with Crippen molar-refractivity contribution in [1.82, 2.24) is 5.32 Å². The summed E-state index contributed by atoms with van der Waals surface area (Å²) < 4.78 is 5.13. The van der Waals surface area contributed by atoms with E-state index in [0.29, 0.717) is 13.0 Å². The quantitative estimate of drug-likeness (QED) is 0.544. The fourth-order valence-electron chi connectivity index (χ4n) is 2.45. The van der Waals surface area contributed by atoms with Crippen molar-refractivity contribution in [2.75, 3.05) is 19.4 Å².